The molecular formula is C61H106N2O7P+. The van der Waals surface area contributed by atoms with E-state index in [1.165, 1.54) is 96.3 Å². The lowest BCUT2D eigenvalue weighted by Crippen LogP contribution is -2.47. The van der Waals surface area contributed by atoms with Crippen LogP contribution in [0.25, 0.3) is 0 Å². The molecule has 0 spiro atoms. The molecule has 406 valence electrons. The molecular weight excluding hydrogens is 904 g/mol. The molecule has 0 aliphatic carbocycles. The van der Waals surface area contributed by atoms with E-state index in [1.807, 2.05) is 33.3 Å². The molecule has 1 amide bonds. The first-order valence-corrected chi connectivity index (χ1v) is 29.7. The van der Waals surface area contributed by atoms with Crippen LogP contribution in [0.5, 0.6) is 0 Å². The molecule has 0 radical (unpaired) electrons. The van der Waals surface area contributed by atoms with Crippen LogP contribution in [0.3, 0.4) is 0 Å². The summed E-state index contributed by atoms with van der Waals surface area (Å²) in [4.78, 5) is 37.5. The van der Waals surface area contributed by atoms with Gasteiger partial charge in [-0.05, 0) is 109 Å². The van der Waals surface area contributed by atoms with Crippen molar-refractivity contribution in [1.29, 1.82) is 0 Å². The Balaban J connectivity index is 5.54. The zero-order chi connectivity index (χ0) is 52.2. The van der Waals surface area contributed by atoms with E-state index in [2.05, 4.69) is 123 Å². The second-order valence-corrected chi connectivity index (χ2v) is 21.2. The number of amides is 1. The number of ether oxygens (including phenoxy) is 1. The lowest BCUT2D eigenvalue weighted by Gasteiger charge is -2.27. The fourth-order valence-corrected chi connectivity index (χ4v) is 8.01. The molecule has 71 heavy (non-hydrogen) atoms. The number of nitrogens with zero attached hydrogens (tertiary/aromatic N) is 1. The second-order valence-electron chi connectivity index (χ2n) is 19.7. The van der Waals surface area contributed by atoms with Crippen LogP contribution in [0.1, 0.15) is 213 Å². The lowest BCUT2D eigenvalue weighted by molar-refractivity contribution is -0.870. The topological polar surface area (TPSA) is 111 Å². The van der Waals surface area contributed by atoms with E-state index in [0.717, 1.165) is 70.6 Å². The van der Waals surface area contributed by atoms with Crippen molar-refractivity contribution in [2.24, 2.45) is 0 Å². The number of carbonyl (C=O) groups excluding carboxylic acids is 2. The Bertz CT molecular complexity index is 1580. The predicted octanol–water partition coefficient (Wildman–Crippen LogP) is 17.0. The summed E-state index contributed by atoms with van der Waals surface area (Å²) in [6.07, 6.45) is 68.1. The smallest absolute Gasteiger partial charge is 0.456 e. The summed E-state index contributed by atoms with van der Waals surface area (Å²) in [5, 5.41) is 2.99. The number of likely N-dealkylation sites (N-methyl/N-ethyl adjacent to an activating group) is 1. The first kappa shape index (κ1) is 67.7. The van der Waals surface area contributed by atoms with Gasteiger partial charge in [0.25, 0.3) is 0 Å². The van der Waals surface area contributed by atoms with E-state index in [9.17, 15) is 19.0 Å². The molecule has 9 nitrogen and oxygen atoms in total. The van der Waals surface area contributed by atoms with Crippen molar-refractivity contribution in [3.63, 3.8) is 0 Å². The Hall–Kier alpha value is -3.33. The van der Waals surface area contributed by atoms with Gasteiger partial charge in [0.1, 0.15) is 19.3 Å². The zero-order valence-electron chi connectivity index (χ0n) is 46.2. The fourth-order valence-electron chi connectivity index (χ4n) is 7.28. The Kier molecular flexibility index (Phi) is 47.9. The van der Waals surface area contributed by atoms with E-state index >= 15 is 0 Å². The highest BCUT2D eigenvalue weighted by Crippen LogP contribution is 2.43. The molecule has 2 N–H and O–H groups in total. The number of hydrogen-bond donors (Lipinski definition) is 2. The zero-order valence-corrected chi connectivity index (χ0v) is 47.1. The minimum Gasteiger partial charge on any atom is -0.456 e. The number of phosphoric acid groups is 1. The molecule has 0 rings (SSSR count). The molecule has 0 fully saturated rings. The van der Waals surface area contributed by atoms with Crippen LogP contribution in [0.15, 0.2) is 109 Å². The van der Waals surface area contributed by atoms with Crippen LogP contribution in [0.2, 0.25) is 0 Å². The Morgan fingerprint density at radius 2 is 0.859 bits per heavy atom. The summed E-state index contributed by atoms with van der Waals surface area (Å²) in [5.41, 5.74) is 0. The van der Waals surface area contributed by atoms with Gasteiger partial charge < -0.3 is 19.4 Å². The largest absolute Gasteiger partial charge is 0.472 e. The number of quaternary nitrogens is 1. The number of rotatable bonds is 49. The molecule has 0 aliphatic rings. The number of nitrogens with one attached hydrogen (secondary N) is 1. The highest BCUT2D eigenvalue weighted by atomic mass is 31.2. The van der Waals surface area contributed by atoms with Gasteiger partial charge in [-0.2, -0.15) is 0 Å². The van der Waals surface area contributed by atoms with Crippen molar-refractivity contribution in [2.45, 2.75) is 226 Å². The first-order chi connectivity index (χ1) is 34.4. The van der Waals surface area contributed by atoms with Gasteiger partial charge in [0.2, 0.25) is 5.91 Å². The lowest BCUT2D eigenvalue weighted by atomic mass is 10.1. The van der Waals surface area contributed by atoms with Crippen LogP contribution in [-0.2, 0) is 27.9 Å². The molecule has 3 unspecified atom stereocenters. The molecule has 0 heterocycles. The van der Waals surface area contributed by atoms with Crippen LogP contribution >= 0.6 is 7.82 Å². The normalized spacial score (nSPS) is 14.6. The minimum absolute atomic E-state index is 0.0162. The number of carbonyl (C=O) groups is 2. The molecule has 0 aliphatic heterocycles. The van der Waals surface area contributed by atoms with Gasteiger partial charge in [-0.15, -0.1) is 0 Å². The van der Waals surface area contributed by atoms with Gasteiger partial charge in [-0.3, -0.25) is 18.6 Å². The molecule has 3 atom stereocenters. The van der Waals surface area contributed by atoms with Gasteiger partial charge in [-0.1, -0.05) is 201 Å². The van der Waals surface area contributed by atoms with Gasteiger partial charge in [-0.25, -0.2) is 4.57 Å². The highest BCUT2D eigenvalue weighted by molar-refractivity contribution is 7.47. The number of allylic oxidation sites excluding steroid dienone is 17. The monoisotopic (exact) mass is 1010 g/mol. The molecule has 0 saturated heterocycles. The summed E-state index contributed by atoms with van der Waals surface area (Å²) in [6, 6.07) is -0.904. The van der Waals surface area contributed by atoms with Crippen molar-refractivity contribution < 1.29 is 37.3 Å². The maximum absolute atomic E-state index is 13.5. The van der Waals surface area contributed by atoms with Gasteiger partial charge in [0, 0.05) is 12.8 Å². The molecule has 0 aromatic rings. The Labute approximate surface area is 436 Å². The van der Waals surface area contributed by atoms with E-state index in [4.69, 9.17) is 13.8 Å². The molecule has 0 saturated carbocycles. The van der Waals surface area contributed by atoms with Crippen molar-refractivity contribution >= 4 is 19.7 Å². The standard InChI is InChI=1S/C61H105N2O7P/c1-7-10-13-16-19-22-25-27-29-31-33-35-38-41-44-47-50-53-60(64)62-58(57-69-71(66,67)68-56-55-63(4,5)6)59(52-49-46-43-40-37-24-21-18-15-12-9-3)70-61(65)54-51-48-45-42-39-36-34-32-30-28-26-23-20-17-14-11-8-2/h19-20,22-23,27-30,33-36,41-42,44-45,49,52,58-59H,7-18,21,24-26,31-32,37-40,43,46-48,50-51,53-57H2,1-6H3,(H-,62,64,66,67)/p+1/b22-19-,23-20-,29-27-,30-28-,35-33-,36-34-,44-41-,45-42-,52-49+. The minimum atomic E-state index is -4.48. The number of phosphoric ester groups is 1. The van der Waals surface area contributed by atoms with Crippen molar-refractivity contribution in [1.82, 2.24) is 5.32 Å². The molecule has 0 aromatic heterocycles. The summed E-state index contributed by atoms with van der Waals surface area (Å²) in [7, 11) is 1.42. The second kappa shape index (κ2) is 50.2. The number of hydrogen-bond acceptors (Lipinski definition) is 6. The third-order valence-corrected chi connectivity index (χ3v) is 12.7. The molecule has 0 bridgehead atoms. The van der Waals surface area contributed by atoms with Gasteiger partial charge in [0.15, 0.2) is 0 Å². The maximum Gasteiger partial charge on any atom is 0.472 e. The Morgan fingerprint density at radius 1 is 0.493 bits per heavy atom. The summed E-state index contributed by atoms with van der Waals surface area (Å²) in [5.74, 6) is -0.646. The maximum atomic E-state index is 13.5. The van der Waals surface area contributed by atoms with E-state index in [0.29, 0.717) is 23.9 Å². The summed E-state index contributed by atoms with van der Waals surface area (Å²) >= 11 is 0. The predicted molar refractivity (Wildman–Crippen MR) is 304 cm³/mol. The van der Waals surface area contributed by atoms with Crippen LogP contribution in [0, 0.1) is 0 Å². The van der Waals surface area contributed by atoms with Crippen molar-refractivity contribution in [2.75, 3.05) is 40.9 Å². The van der Waals surface area contributed by atoms with Crippen molar-refractivity contribution in [3.8, 4) is 0 Å². The van der Waals surface area contributed by atoms with Crippen molar-refractivity contribution in [3.05, 3.63) is 109 Å². The average Bonchev–Trinajstić information content (AvgIpc) is 3.33. The first-order valence-electron chi connectivity index (χ1n) is 28.2. The van der Waals surface area contributed by atoms with E-state index in [1.54, 1.807) is 0 Å². The third kappa shape index (κ3) is 51.4. The van der Waals surface area contributed by atoms with Crippen LogP contribution in [-0.4, -0.2) is 74.3 Å². The van der Waals surface area contributed by atoms with E-state index in [-0.39, 0.29) is 32.0 Å². The number of unbranched alkanes of at least 4 members (excludes halogenated alkanes) is 17. The van der Waals surface area contributed by atoms with Crippen LogP contribution in [0.4, 0.5) is 0 Å². The fraction of sp³-hybridized carbons (Fsp3) is 0.672. The average molecular weight is 1010 g/mol. The highest BCUT2D eigenvalue weighted by Gasteiger charge is 2.30. The summed E-state index contributed by atoms with van der Waals surface area (Å²) < 4.78 is 30.5. The van der Waals surface area contributed by atoms with Crippen LogP contribution < -0.4 is 5.32 Å². The molecule has 0 aromatic carbocycles. The quantitative estimate of drug-likeness (QED) is 0.0205. The number of esters is 1. The molecule has 10 heteroatoms. The Morgan fingerprint density at radius 3 is 1.31 bits per heavy atom. The van der Waals surface area contributed by atoms with Gasteiger partial charge in [0.05, 0.1) is 33.8 Å². The third-order valence-electron chi connectivity index (χ3n) is 11.7. The van der Waals surface area contributed by atoms with E-state index < -0.39 is 25.9 Å². The SMILES string of the molecule is CCCCC/C=C\C/C=C\C/C=C\C/C=C\CCCC(=O)NC(COP(=O)(O)OCC[N+](C)(C)C)C(/C=C/CCCCCCCCCCC)OC(=O)CCC/C=C\C/C=C\C/C=C\C/C=C\CCCCC. The summed E-state index contributed by atoms with van der Waals surface area (Å²) in [6.45, 7) is 6.84. The van der Waals surface area contributed by atoms with Gasteiger partial charge >= 0.3 is 13.8 Å².